The van der Waals surface area contributed by atoms with Gasteiger partial charge in [0, 0.05) is 45.6 Å². The van der Waals surface area contributed by atoms with Crippen molar-refractivity contribution in [2.24, 2.45) is 5.92 Å². The highest BCUT2D eigenvalue weighted by molar-refractivity contribution is 5.80. The van der Waals surface area contributed by atoms with Gasteiger partial charge in [-0.1, -0.05) is 0 Å². The summed E-state index contributed by atoms with van der Waals surface area (Å²) in [4.78, 5) is 18.4. The van der Waals surface area contributed by atoms with Crippen LogP contribution in [0, 0.1) is 5.92 Å². The zero-order valence-corrected chi connectivity index (χ0v) is 11.4. The maximum Gasteiger partial charge on any atom is 0.251 e. The van der Waals surface area contributed by atoms with Crippen LogP contribution in [0.3, 0.4) is 0 Å². The minimum absolute atomic E-state index is 0.145. The number of ether oxygens (including phenoxy) is 1. The Morgan fingerprint density at radius 3 is 3.26 bits per heavy atom. The van der Waals surface area contributed by atoms with Gasteiger partial charge in [0.2, 0.25) is 0 Å². The summed E-state index contributed by atoms with van der Waals surface area (Å²) in [6.45, 7) is 2.55. The van der Waals surface area contributed by atoms with E-state index in [-0.39, 0.29) is 12.0 Å². The van der Waals surface area contributed by atoms with Crippen molar-refractivity contribution >= 4 is 5.91 Å². The third-order valence-corrected chi connectivity index (χ3v) is 4.16. The third-order valence-electron chi connectivity index (χ3n) is 4.16. The molecule has 3 rings (SSSR count). The Hall–Kier alpha value is -1.36. The van der Waals surface area contributed by atoms with Crippen molar-refractivity contribution in [3.63, 3.8) is 0 Å². The summed E-state index contributed by atoms with van der Waals surface area (Å²) in [6, 6.07) is 0. The number of fused-ring (bicyclic) bond motifs is 1. The number of aryl methyl sites for hydroxylation is 1. The number of nitrogens with zero attached hydrogens (tertiary/aromatic N) is 3. The number of likely N-dealkylation sites (N-methyl/N-ethyl adjacent to an activating group) is 1. The lowest BCUT2D eigenvalue weighted by Gasteiger charge is -2.29. The molecule has 1 amide bonds. The van der Waals surface area contributed by atoms with E-state index < -0.39 is 0 Å². The Kier molecular flexibility index (Phi) is 3.55. The normalized spacial score (nSPS) is 26.2. The number of aromatic nitrogens is 2. The zero-order chi connectivity index (χ0) is 13.2. The molecule has 1 saturated heterocycles. The van der Waals surface area contributed by atoms with Crippen LogP contribution in [-0.2, 0) is 22.5 Å². The van der Waals surface area contributed by atoms with Crippen LogP contribution in [0.25, 0.3) is 0 Å². The second kappa shape index (κ2) is 5.33. The molecule has 2 aliphatic rings. The lowest BCUT2D eigenvalue weighted by molar-refractivity contribution is -0.140. The van der Waals surface area contributed by atoms with Gasteiger partial charge in [-0.3, -0.25) is 4.79 Å². The Bertz CT molecular complexity index is 451. The fourth-order valence-corrected chi connectivity index (χ4v) is 3.07. The zero-order valence-electron chi connectivity index (χ0n) is 11.4. The van der Waals surface area contributed by atoms with E-state index in [1.165, 1.54) is 0 Å². The summed E-state index contributed by atoms with van der Waals surface area (Å²) in [5, 5.41) is 0. The standard InChI is InChI=1S/C14H21N3O2/c1-16(14(18)12-3-2-8-19-12)10-11-4-6-17-7-5-15-13(17)9-11/h5,7,11-12H,2-4,6,8-10H2,1H3/t11-,12-/m0/s1. The molecule has 0 radical (unpaired) electrons. The molecule has 2 aliphatic heterocycles. The van der Waals surface area contributed by atoms with Crippen molar-refractivity contribution in [2.45, 2.75) is 38.3 Å². The summed E-state index contributed by atoms with van der Waals surface area (Å²) < 4.78 is 7.67. The molecule has 3 heterocycles. The molecule has 2 atom stereocenters. The van der Waals surface area contributed by atoms with Gasteiger partial charge in [0.05, 0.1) is 0 Å². The molecule has 5 heteroatoms. The van der Waals surface area contributed by atoms with Crippen LogP contribution < -0.4 is 0 Å². The van der Waals surface area contributed by atoms with Crippen molar-refractivity contribution < 1.29 is 9.53 Å². The molecule has 1 aromatic heterocycles. The molecule has 0 saturated carbocycles. The average Bonchev–Trinajstić information content (AvgIpc) is 3.08. The smallest absolute Gasteiger partial charge is 0.251 e. The van der Waals surface area contributed by atoms with Crippen molar-refractivity contribution in [3.8, 4) is 0 Å². The van der Waals surface area contributed by atoms with Gasteiger partial charge in [0.1, 0.15) is 11.9 Å². The van der Waals surface area contributed by atoms with Crippen LogP contribution in [0.15, 0.2) is 12.4 Å². The minimum atomic E-state index is -0.199. The number of amides is 1. The molecule has 19 heavy (non-hydrogen) atoms. The molecule has 0 aromatic carbocycles. The van der Waals surface area contributed by atoms with Crippen LogP contribution in [0.5, 0.6) is 0 Å². The molecule has 104 valence electrons. The van der Waals surface area contributed by atoms with E-state index in [0.29, 0.717) is 5.92 Å². The van der Waals surface area contributed by atoms with Crippen LogP contribution in [0.2, 0.25) is 0 Å². The van der Waals surface area contributed by atoms with Gasteiger partial charge in [-0.2, -0.15) is 0 Å². The van der Waals surface area contributed by atoms with Crippen molar-refractivity contribution in [1.29, 1.82) is 0 Å². The Balaban J connectivity index is 1.55. The molecule has 1 aromatic rings. The van der Waals surface area contributed by atoms with E-state index in [2.05, 4.69) is 9.55 Å². The van der Waals surface area contributed by atoms with Crippen LogP contribution >= 0.6 is 0 Å². The molecule has 0 aliphatic carbocycles. The lowest BCUT2D eigenvalue weighted by Crippen LogP contribution is -2.40. The second-order valence-electron chi connectivity index (χ2n) is 5.62. The van der Waals surface area contributed by atoms with Gasteiger partial charge in [-0.05, 0) is 25.2 Å². The highest BCUT2D eigenvalue weighted by Gasteiger charge is 2.28. The molecular formula is C14H21N3O2. The van der Waals surface area contributed by atoms with Gasteiger partial charge in [0.15, 0.2) is 0 Å². The summed E-state index contributed by atoms with van der Waals surface area (Å²) in [7, 11) is 1.89. The molecule has 1 fully saturated rings. The highest BCUT2D eigenvalue weighted by Crippen LogP contribution is 2.21. The number of carbonyl (C=O) groups excluding carboxylic acids is 1. The molecule has 0 N–H and O–H groups in total. The summed E-state index contributed by atoms with van der Waals surface area (Å²) in [6.07, 6.45) is 7.66. The molecule has 0 bridgehead atoms. The van der Waals surface area contributed by atoms with Crippen LogP contribution in [0.4, 0.5) is 0 Å². The van der Waals surface area contributed by atoms with Crippen LogP contribution in [-0.4, -0.2) is 46.7 Å². The quantitative estimate of drug-likeness (QED) is 0.820. The SMILES string of the molecule is CN(C[C@H]1CCn2ccnc2C1)C(=O)[C@@H]1CCCO1. The number of rotatable bonds is 3. The maximum atomic E-state index is 12.2. The van der Waals surface area contributed by atoms with E-state index in [4.69, 9.17) is 4.74 Å². The van der Waals surface area contributed by atoms with E-state index in [9.17, 15) is 4.79 Å². The van der Waals surface area contributed by atoms with E-state index in [1.807, 2.05) is 24.3 Å². The fourth-order valence-electron chi connectivity index (χ4n) is 3.07. The highest BCUT2D eigenvalue weighted by atomic mass is 16.5. The van der Waals surface area contributed by atoms with E-state index in [1.54, 1.807) is 0 Å². The average molecular weight is 263 g/mol. The first-order chi connectivity index (χ1) is 9.24. The van der Waals surface area contributed by atoms with Crippen molar-refractivity contribution in [2.75, 3.05) is 20.2 Å². The summed E-state index contributed by atoms with van der Waals surface area (Å²) in [5.41, 5.74) is 0. The maximum absolute atomic E-state index is 12.2. The second-order valence-corrected chi connectivity index (χ2v) is 5.62. The number of carbonyl (C=O) groups is 1. The first kappa shape index (κ1) is 12.7. The lowest BCUT2D eigenvalue weighted by atomic mass is 9.97. The summed E-state index contributed by atoms with van der Waals surface area (Å²) >= 11 is 0. The third kappa shape index (κ3) is 2.66. The predicted molar refractivity (Wildman–Crippen MR) is 70.6 cm³/mol. The molecule has 0 unspecified atom stereocenters. The van der Waals surface area contributed by atoms with E-state index in [0.717, 1.165) is 51.2 Å². The van der Waals surface area contributed by atoms with Crippen molar-refractivity contribution in [3.05, 3.63) is 18.2 Å². The predicted octanol–water partition coefficient (Wildman–Crippen LogP) is 1.08. The number of hydrogen-bond donors (Lipinski definition) is 0. The van der Waals surface area contributed by atoms with Gasteiger partial charge in [0.25, 0.3) is 5.91 Å². The van der Waals surface area contributed by atoms with Gasteiger partial charge in [-0.15, -0.1) is 0 Å². The Morgan fingerprint density at radius 1 is 1.58 bits per heavy atom. The van der Waals surface area contributed by atoms with Gasteiger partial charge < -0.3 is 14.2 Å². The first-order valence-electron chi connectivity index (χ1n) is 7.10. The van der Waals surface area contributed by atoms with Crippen LogP contribution in [0.1, 0.15) is 25.1 Å². The largest absolute Gasteiger partial charge is 0.368 e. The molecular weight excluding hydrogens is 242 g/mol. The Morgan fingerprint density at radius 2 is 2.47 bits per heavy atom. The Labute approximate surface area is 113 Å². The monoisotopic (exact) mass is 263 g/mol. The molecule has 5 nitrogen and oxygen atoms in total. The summed E-state index contributed by atoms with van der Waals surface area (Å²) in [5.74, 6) is 1.81. The number of imidazole rings is 1. The fraction of sp³-hybridized carbons (Fsp3) is 0.714. The van der Waals surface area contributed by atoms with Crippen molar-refractivity contribution in [1.82, 2.24) is 14.5 Å². The molecule has 0 spiro atoms. The first-order valence-corrected chi connectivity index (χ1v) is 7.10. The van der Waals surface area contributed by atoms with Gasteiger partial charge in [-0.25, -0.2) is 4.98 Å². The minimum Gasteiger partial charge on any atom is -0.368 e. The topological polar surface area (TPSA) is 47.4 Å². The number of hydrogen-bond acceptors (Lipinski definition) is 3. The van der Waals surface area contributed by atoms with E-state index >= 15 is 0 Å². The van der Waals surface area contributed by atoms with Gasteiger partial charge >= 0.3 is 0 Å².